The van der Waals surface area contributed by atoms with Crippen molar-refractivity contribution in [2.24, 2.45) is 5.92 Å². The van der Waals surface area contributed by atoms with Crippen molar-refractivity contribution in [2.45, 2.75) is 52.6 Å². The Labute approximate surface area is 131 Å². The number of aromatic nitrogens is 1. The van der Waals surface area contributed by atoms with Gasteiger partial charge >= 0.3 is 0 Å². The first-order chi connectivity index (χ1) is 10.6. The minimum Gasteiger partial charge on any atom is -0.341 e. The molecule has 22 heavy (non-hydrogen) atoms. The van der Waals surface area contributed by atoms with Crippen molar-refractivity contribution in [2.75, 3.05) is 6.54 Å². The monoisotopic (exact) mass is 296 g/mol. The first-order valence-electron chi connectivity index (χ1n) is 8.50. The average Bonchev–Trinajstić information content (AvgIpc) is 2.83. The van der Waals surface area contributed by atoms with Crippen LogP contribution >= 0.6 is 0 Å². The molecule has 0 saturated heterocycles. The maximum absolute atomic E-state index is 12.6. The van der Waals surface area contributed by atoms with Crippen LogP contribution in [0.5, 0.6) is 0 Å². The number of nitrogens with zero attached hydrogens (tertiary/aromatic N) is 2. The first kappa shape index (κ1) is 13.9. The molecule has 2 heterocycles. The van der Waals surface area contributed by atoms with Crippen LogP contribution in [0.3, 0.4) is 0 Å². The number of carbonyl (C=O) groups is 1. The maximum atomic E-state index is 12.6. The van der Waals surface area contributed by atoms with Gasteiger partial charge in [0, 0.05) is 35.6 Å². The molecule has 2 aliphatic rings. The highest BCUT2D eigenvalue weighted by Gasteiger charge is 2.37. The fraction of sp³-hybridized carbons (Fsp3) is 0.526. The number of aryl methyl sites for hydroxylation is 2. The largest absolute Gasteiger partial charge is 0.341 e. The number of rotatable bonds is 1. The van der Waals surface area contributed by atoms with Crippen molar-refractivity contribution in [3.63, 3.8) is 0 Å². The number of carbonyl (C=O) groups excluding carboxylic acids is 1. The second-order valence-corrected chi connectivity index (χ2v) is 7.13. The van der Waals surface area contributed by atoms with Crippen molar-refractivity contribution in [1.82, 2.24) is 9.47 Å². The maximum Gasteiger partial charge on any atom is 0.225 e. The Morgan fingerprint density at radius 2 is 2.09 bits per heavy atom. The van der Waals surface area contributed by atoms with E-state index in [1.807, 2.05) is 13.8 Å². The minimum atomic E-state index is 0.0866. The Morgan fingerprint density at radius 3 is 2.86 bits per heavy atom. The van der Waals surface area contributed by atoms with Gasteiger partial charge < -0.3 is 9.47 Å². The second-order valence-electron chi connectivity index (χ2n) is 7.13. The van der Waals surface area contributed by atoms with Crippen LogP contribution in [0.25, 0.3) is 10.9 Å². The highest BCUT2D eigenvalue weighted by Crippen LogP contribution is 2.43. The Morgan fingerprint density at radius 1 is 1.27 bits per heavy atom. The van der Waals surface area contributed by atoms with Gasteiger partial charge in [0.05, 0.1) is 6.04 Å². The summed E-state index contributed by atoms with van der Waals surface area (Å²) in [6.45, 7) is 7.98. The van der Waals surface area contributed by atoms with Crippen LogP contribution in [-0.4, -0.2) is 21.9 Å². The molecule has 3 heteroatoms. The van der Waals surface area contributed by atoms with Crippen LogP contribution in [0.1, 0.15) is 49.6 Å². The Bertz CT molecular complexity index is 756. The molecule has 4 rings (SSSR count). The molecule has 116 valence electrons. The van der Waals surface area contributed by atoms with E-state index in [0.29, 0.717) is 11.9 Å². The van der Waals surface area contributed by atoms with E-state index in [1.165, 1.54) is 34.1 Å². The zero-order valence-electron chi connectivity index (χ0n) is 13.7. The smallest absolute Gasteiger partial charge is 0.225 e. The lowest BCUT2D eigenvalue weighted by Crippen LogP contribution is -2.45. The Balaban J connectivity index is 1.90. The molecule has 2 aromatic rings. The molecule has 0 spiro atoms. The van der Waals surface area contributed by atoms with Gasteiger partial charge in [-0.3, -0.25) is 4.79 Å². The molecule has 0 unspecified atom stereocenters. The van der Waals surface area contributed by atoms with E-state index in [0.717, 1.165) is 25.9 Å². The molecular weight excluding hydrogens is 272 g/mol. The number of benzene rings is 1. The lowest BCUT2D eigenvalue weighted by Gasteiger charge is -2.40. The zero-order valence-corrected chi connectivity index (χ0v) is 13.7. The van der Waals surface area contributed by atoms with Crippen LogP contribution in [0.4, 0.5) is 0 Å². The Hall–Kier alpha value is -1.77. The predicted molar refractivity (Wildman–Crippen MR) is 88.9 cm³/mol. The van der Waals surface area contributed by atoms with Gasteiger partial charge in [-0.05, 0) is 43.9 Å². The molecule has 3 nitrogen and oxygen atoms in total. The summed E-state index contributed by atoms with van der Waals surface area (Å²) < 4.78 is 2.48. The molecule has 1 aliphatic heterocycles. The van der Waals surface area contributed by atoms with Gasteiger partial charge in [0.1, 0.15) is 0 Å². The summed E-state index contributed by atoms with van der Waals surface area (Å²) in [7, 11) is 0. The van der Waals surface area contributed by atoms with E-state index >= 15 is 0 Å². The fourth-order valence-electron chi connectivity index (χ4n) is 4.31. The van der Waals surface area contributed by atoms with E-state index in [2.05, 4.69) is 34.6 Å². The van der Waals surface area contributed by atoms with E-state index in [4.69, 9.17) is 0 Å². The third-order valence-electron chi connectivity index (χ3n) is 5.31. The minimum absolute atomic E-state index is 0.0866. The quantitative estimate of drug-likeness (QED) is 0.785. The molecule has 1 amide bonds. The van der Waals surface area contributed by atoms with Crippen molar-refractivity contribution in [3.8, 4) is 0 Å². The van der Waals surface area contributed by atoms with E-state index in [1.54, 1.807) is 0 Å². The molecule has 1 aromatic heterocycles. The average molecular weight is 296 g/mol. The van der Waals surface area contributed by atoms with Crippen LogP contribution in [0, 0.1) is 12.8 Å². The molecular formula is C19H24N2O. The first-order valence-corrected chi connectivity index (χ1v) is 8.50. The summed E-state index contributed by atoms with van der Waals surface area (Å²) in [5.74, 6) is 0.397. The molecule has 0 N–H and O–H groups in total. The number of hydrogen-bond acceptors (Lipinski definition) is 1. The van der Waals surface area contributed by atoms with Gasteiger partial charge in [-0.2, -0.15) is 0 Å². The van der Waals surface area contributed by atoms with Gasteiger partial charge in [-0.25, -0.2) is 0 Å². The number of fused-ring (bicyclic) bond motifs is 3. The van der Waals surface area contributed by atoms with E-state index in [9.17, 15) is 4.79 Å². The van der Waals surface area contributed by atoms with Crippen molar-refractivity contribution < 1.29 is 4.79 Å². The SMILES string of the molecule is Cc1ccc2c(c1)c1c3n2CCN(C(=O)C(C)C)[C@@H]3CCC1. The van der Waals surface area contributed by atoms with E-state index < -0.39 is 0 Å². The topological polar surface area (TPSA) is 25.2 Å². The van der Waals surface area contributed by atoms with Gasteiger partial charge in [0.25, 0.3) is 0 Å². The number of amides is 1. The molecule has 0 saturated carbocycles. The summed E-state index contributed by atoms with van der Waals surface area (Å²) >= 11 is 0. The summed E-state index contributed by atoms with van der Waals surface area (Å²) in [5, 5.41) is 1.42. The predicted octanol–water partition coefficient (Wildman–Crippen LogP) is 3.83. The standard InChI is InChI=1S/C19H24N2O/c1-12(2)19(22)21-10-9-20-16-8-7-13(3)11-15(16)14-5-4-6-17(21)18(14)20/h7-8,11-12,17H,4-6,9-10H2,1-3H3/t17-/m1/s1. The molecule has 1 aromatic carbocycles. The van der Waals surface area contributed by atoms with Gasteiger partial charge in [-0.1, -0.05) is 25.5 Å². The summed E-state index contributed by atoms with van der Waals surface area (Å²) in [6, 6.07) is 7.09. The molecule has 1 aliphatic carbocycles. The third kappa shape index (κ3) is 1.84. The van der Waals surface area contributed by atoms with Crippen LogP contribution in [-0.2, 0) is 17.8 Å². The normalized spacial score (nSPS) is 20.5. The van der Waals surface area contributed by atoms with Crippen LogP contribution in [0.15, 0.2) is 18.2 Å². The second kappa shape index (κ2) is 4.87. The van der Waals surface area contributed by atoms with Crippen molar-refractivity contribution >= 4 is 16.8 Å². The summed E-state index contributed by atoms with van der Waals surface area (Å²) in [5.41, 5.74) is 5.60. The molecule has 1 atom stereocenters. The highest BCUT2D eigenvalue weighted by molar-refractivity contribution is 5.88. The Kier molecular flexibility index (Phi) is 3.07. The molecule has 0 fully saturated rings. The van der Waals surface area contributed by atoms with Crippen LogP contribution in [0.2, 0.25) is 0 Å². The zero-order chi connectivity index (χ0) is 15.4. The third-order valence-corrected chi connectivity index (χ3v) is 5.31. The van der Waals surface area contributed by atoms with Gasteiger partial charge in [0.15, 0.2) is 0 Å². The lowest BCUT2D eigenvalue weighted by atomic mass is 9.89. The van der Waals surface area contributed by atoms with E-state index in [-0.39, 0.29) is 5.92 Å². The molecule has 0 radical (unpaired) electrons. The van der Waals surface area contributed by atoms with Crippen LogP contribution < -0.4 is 0 Å². The highest BCUT2D eigenvalue weighted by atomic mass is 16.2. The lowest BCUT2D eigenvalue weighted by molar-refractivity contribution is -0.138. The fourth-order valence-corrected chi connectivity index (χ4v) is 4.31. The van der Waals surface area contributed by atoms with Crippen molar-refractivity contribution in [1.29, 1.82) is 0 Å². The summed E-state index contributed by atoms with van der Waals surface area (Å²) in [4.78, 5) is 14.7. The summed E-state index contributed by atoms with van der Waals surface area (Å²) in [6.07, 6.45) is 3.45. The molecule has 0 bridgehead atoms. The van der Waals surface area contributed by atoms with Gasteiger partial charge in [-0.15, -0.1) is 0 Å². The van der Waals surface area contributed by atoms with Gasteiger partial charge in [0.2, 0.25) is 5.91 Å². The van der Waals surface area contributed by atoms with Crippen molar-refractivity contribution in [3.05, 3.63) is 35.0 Å². The number of hydrogen-bond donors (Lipinski definition) is 0.